The third-order valence-electron chi connectivity index (χ3n) is 4.38. The number of carbonyl (C=O) groups is 1. The number of carbonyl (C=O) groups excluding carboxylic acids is 1. The maximum atomic E-state index is 12.5. The van der Waals surface area contributed by atoms with Crippen molar-refractivity contribution in [1.29, 1.82) is 0 Å². The Hall–Kier alpha value is -3.39. The number of nitrogens with one attached hydrogen (secondary N) is 1. The van der Waals surface area contributed by atoms with Gasteiger partial charge in [0.2, 0.25) is 6.54 Å². The van der Waals surface area contributed by atoms with Crippen LogP contribution in [0.2, 0.25) is 0 Å². The summed E-state index contributed by atoms with van der Waals surface area (Å²) in [5, 5.41) is 11.5. The van der Waals surface area contributed by atoms with Crippen LogP contribution in [0.15, 0.2) is 82.3 Å². The molecule has 0 saturated heterocycles. The Bertz CT molecular complexity index is 1220. The van der Waals surface area contributed by atoms with E-state index in [1.54, 1.807) is 35.2 Å². The van der Waals surface area contributed by atoms with Gasteiger partial charge in [-0.25, -0.2) is 4.68 Å². The number of nitrogens with zero attached hydrogens (tertiary/aromatic N) is 4. The van der Waals surface area contributed by atoms with E-state index in [2.05, 4.69) is 31.6 Å². The topological polar surface area (TPSA) is 80.8 Å². The molecule has 0 fully saturated rings. The number of amides is 1. The fourth-order valence-corrected chi connectivity index (χ4v) is 3.16. The van der Waals surface area contributed by atoms with Crippen molar-refractivity contribution in [3.63, 3.8) is 0 Å². The fraction of sp³-hybridized carbons (Fsp3) is 0.0952. The summed E-state index contributed by atoms with van der Waals surface area (Å²) >= 11 is 3.37. The first-order valence-electron chi connectivity index (χ1n) is 8.94. The zero-order valence-corrected chi connectivity index (χ0v) is 16.9. The number of aromatic nitrogens is 4. The molecule has 1 amide bonds. The first-order chi connectivity index (χ1) is 14.1. The molecule has 0 saturated carbocycles. The summed E-state index contributed by atoms with van der Waals surface area (Å²) in [7, 11) is 0. The fourth-order valence-electron chi connectivity index (χ4n) is 2.90. The van der Waals surface area contributed by atoms with Gasteiger partial charge in [0.1, 0.15) is 5.52 Å². The van der Waals surface area contributed by atoms with Gasteiger partial charge in [0.05, 0.1) is 11.9 Å². The van der Waals surface area contributed by atoms with Crippen molar-refractivity contribution >= 4 is 38.4 Å². The highest BCUT2D eigenvalue weighted by atomic mass is 79.9. The number of fused-ring (bicyclic) bond motifs is 1. The van der Waals surface area contributed by atoms with Crippen LogP contribution in [-0.2, 0) is 17.9 Å². The average molecular weight is 451 g/mol. The van der Waals surface area contributed by atoms with Crippen molar-refractivity contribution in [2.45, 2.75) is 13.1 Å². The van der Waals surface area contributed by atoms with Crippen LogP contribution in [0, 0.1) is 0 Å². The number of pyridine rings is 1. The van der Waals surface area contributed by atoms with E-state index >= 15 is 0 Å². The van der Waals surface area contributed by atoms with Gasteiger partial charge in [-0.3, -0.25) is 9.59 Å². The van der Waals surface area contributed by atoms with E-state index in [0.717, 1.165) is 15.7 Å². The lowest BCUT2D eigenvalue weighted by molar-refractivity contribution is -0.684. The summed E-state index contributed by atoms with van der Waals surface area (Å²) in [6.45, 7) is 0.495. The molecule has 0 aliphatic carbocycles. The van der Waals surface area contributed by atoms with E-state index in [0.29, 0.717) is 17.4 Å². The maximum absolute atomic E-state index is 12.5. The Morgan fingerprint density at radius 3 is 2.52 bits per heavy atom. The number of hydrogen-bond acceptors (Lipinski definition) is 4. The highest BCUT2D eigenvalue weighted by molar-refractivity contribution is 9.10. The molecule has 4 rings (SSSR count). The average Bonchev–Trinajstić information content (AvgIpc) is 2.73. The van der Waals surface area contributed by atoms with Crippen molar-refractivity contribution in [1.82, 2.24) is 15.0 Å². The first kappa shape index (κ1) is 18.9. The minimum Gasteiger partial charge on any atom is -0.321 e. The van der Waals surface area contributed by atoms with Gasteiger partial charge in [0, 0.05) is 22.3 Å². The second-order valence-corrected chi connectivity index (χ2v) is 7.42. The minimum atomic E-state index is -0.179. The Morgan fingerprint density at radius 1 is 1.03 bits per heavy atom. The van der Waals surface area contributed by atoms with Crippen molar-refractivity contribution in [2.75, 3.05) is 5.32 Å². The Kier molecular flexibility index (Phi) is 5.44. The minimum absolute atomic E-state index is 0.123. The molecule has 4 aromatic rings. The normalized spacial score (nSPS) is 10.8. The summed E-state index contributed by atoms with van der Waals surface area (Å²) < 4.78 is 4.06. The molecule has 29 heavy (non-hydrogen) atoms. The summed E-state index contributed by atoms with van der Waals surface area (Å²) in [6, 6.07) is 18.3. The molecule has 7 nitrogen and oxygen atoms in total. The van der Waals surface area contributed by atoms with Gasteiger partial charge in [-0.1, -0.05) is 33.3 Å². The van der Waals surface area contributed by atoms with Gasteiger partial charge in [-0.2, -0.15) is 4.57 Å². The molecule has 0 bridgehead atoms. The molecule has 2 aromatic carbocycles. The lowest BCUT2D eigenvalue weighted by Gasteiger charge is -2.05. The molecule has 2 aromatic heterocycles. The maximum Gasteiger partial charge on any atom is 0.290 e. The molecule has 0 unspecified atom stereocenters. The van der Waals surface area contributed by atoms with E-state index in [9.17, 15) is 9.59 Å². The molecule has 0 aliphatic heterocycles. The molecular formula is C21H17BrN5O2+. The van der Waals surface area contributed by atoms with Gasteiger partial charge in [-0.15, -0.1) is 5.10 Å². The van der Waals surface area contributed by atoms with Gasteiger partial charge in [0.15, 0.2) is 12.4 Å². The van der Waals surface area contributed by atoms with E-state index in [1.165, 1.54) is 4.68 Å². The third-order valence-corrected chi connectivity index (χ3v) is 4.90. The second kappa shape index (κ2) is 8.32. The molecule has 0 radical (unpaired) electrons. The van der Waals surface area contributed by atoms with Crippen molar-refractivity contribution in [3.8, 4) is 0 Å². The standard InChI is InChI=1S/C21H16BrN5O2/c22-16-5-7-17(8-6-16)23-20(28)14-26-11-9-15(10-12-26)13-27-21(29)18-3-1-2-4-19(18)24-25-27/h1-12H,13-14H2/p+1. The molecule has 8 heteroatoms. The Labute approximate surface area is 174 Å². The molecule has 2 heterocycles. The first-order valence-corrected chi connectivity index (χ1v) is 9.74. The highest BCUT2D eigenvalue weighted by Gasteiger charge is 2.11. The Balaban J connectivity index is 1.43. The quantitative estimate of drug-likeness (QED) is 0.473. The highest BCUT2D eigenvalue weighted by Crippen LogP contribution is 2.13. The molecule has 0 atom stereocenters. The number of rotatable bonds is 5. The lowest BCUT2D eigenvalue weighted by Crippen LogP contribution is -2.39. The van der Waals surface area contributed by atoms with Crippen molar-refractivity contribution in [2.24, 2.45) is 0 Å². The summed E-state index contributed by atoms with van der Waals surface area (Å²) in [6.07, 6.45) is 3.60. The monoisotopic (exact) mass is 450 g/mol. The van der Waals surface area contributed by atoms with Crippen LogP contribution < -0.4 is 15.4 Å². The van der Waals surface area contributed by atoms with Crippen LogP contribution in [0.1, 0.15) is 5.56 Å². The Morgan fingerprint density at radius 2 is 1.76 bits per heavy atom. The zero-order valence-electron chi connectivity index (χ0n) is 15.3. The third kappa shape index (κ3) is 4.55. The predicted octanol–water partition coefficient (Wildman–Crippen LogP) is 2.53. The zero-order chi connectivity index (χ0) is 20.2. The number of benzene rings is 2. The molecular weight excluding hydrogens is 434 g/mol. The molecule has 0 aliphatic rings. The lowest BCUT2D eigenvalue weighted by atomic mass is 10.2. The van der Waals surface area contributed by atoms with Crippen LogP contribution in [0.5, 0.6) is 0 Å². The molecule has 144 valence electrons. The summed E-state index contributed by atoms with van der Waals surface area (Å²) in [5.74, 6) is -0.123. The van der Waals surface area contributed by atoms with Crippen LogP contribution in [0.25, 0.3) is 10.9 Å². The summed E-state index contributed by atoms with van der Waals surface area (Å²) in [5.41, 5.74) is 2.03. The van der Waals surface area contributed by atoms with Gasteiger partial charge >= 0.3 is 0 Å². The number of halogens is 1. The van der Waals surface area contributed by atoms with E-state index in [4.69, 9.17) is 0 Å². The number of anilines is 1. The predicted molar refractivity (Wildman–Crippen MR) is 112 cm³/mol. The molecule has 0 spiro atoms. The van der Waals surface area contributed by atoms with E-state index in [-0.39, 0.29) is 18.0 Å². The smallest absolute Gasteiger partial charge is 0.290 e. The van der Waals surface area contributed by atoms with E-state index in [1.807, 2.05) is 42.5 Å². The van der Waals surface area contributed by atoms with Crippen LogP contribution in [0.3, 0.4) is 0 Å². The van der Waals surface area contributed by atoms with Crippen LogP contribution in [0.4, 0.5) is 5.69 Å². The van der Waals surface area contributed by atoms with Gasteiger partial charge < -0.3 is 5.32 Å². The number of hydrogen-bond donors (Lipinski definition) is 1. The second-order valence-electron chi connectivity index (χ2n) is 6.50. The van der Waals surface area contributed by atoms with E-state index < -0.39 is 0 Å². The van der Waals surface area contributed by atoms with Gasteiger partial charge in [-0.05, 0) is 42.0 Å². The van der Waals surface area contributed by atoms with Crippen molar-refractivity contribution in [3.05, 3.63) is 93.4 Å². The van der Waals surface area contributed by atoms with Crippen LogP contribution in [-0.4, -0.2) is 20.9 Å². The largest absolute Gasteiger partial charge is 0.321 e. The molecule has 1 N–H and O–H groups in total. The SMILES string of the molecule is O=C(C[n+]1ccc(Cn2nnc3ccccc3c2=O)cc1)Nc1ccc(Br)cc1. The van der Waals surface area contributed by atoms with Crippen molar-refractivity contribution < 1.29 is 9.36 Å². The summed E-state index contributed by atoms with van der Waals surface area (Å²) in [4.78, 5) is 24.7. The van der Waals surface area contributed by atoms with Crippen LogP contribution >= 0.6 is 15.9 Å². The van der Waals surface area contributed by atoms with Gasteiger partial charge in [0.25, 0.3) is 11.5 Å².